The minimum Gasteiger partial charge on any atom is -0.497 e. The number of esters is 2. The van der Waals surface area contributed by atoms with Crippen LogP contribution in [0.25, 0.3) is 6.08 Å². The number of rotatable bonds is 6. The molecule has 1 aliphatic heterocycles. The van der Waals surface area contributed by atoms with Crippen molar-refractivity contribution in [3.05, 3.63) is 28.3 Å². The van der Waals surface area contributed by atoms with Gasteiger partial charge in [-0.1, -0.05) is 41.5 Å². The average molecular weight is 685 g/mol. The van der Waals surface area contributed by atoms with Crippen LogP contribution < -0.4 is 15.0 Å². The Bertz CT molecular complexity index is 1450. The molecule has 1 aromatic rings. The van der Waals surface area contributed by atoms with E-state index in [1.807, 2.05) is 0 Å². The number of nitrogens with zero attached hydrogens (tertiary/aromatic N) is 3. The molecule has 4 rings (SSSR count). The second-order valence-electron chi connectivity index (χ2n) is 14.0. The first-order chi connectivity index (χ1) is 21.1. The summed E-state index contributed by atoms with van der Waals surface area (Å²) < 4.78 is 12.0. The van der Waals surface area contributed by atoms with E-state index in [1.54, 1.807) is 19.9 Å². The van der Waals surface area contributed by atoms with Gasteiger partial charge in [0.2, 0.25) is 0 Å². The molecule has 10 nitrogen and oxygen atoms in total. The van der Waals surface area contributed by atoms with Gasteiger partial charge in [0, 0.05) is 12.5 Å². The van der Waals surface area contributed by atoms with Gasteiger partial charge < -0.3 is 24.9 Å². The molecule has 11 heteroatoms. The SMILES string of the molecule is CC(=O)Nc1[n-]c(/C=C2\N=C(N=C(C)O)C(OC(=O)C3C(C)CC(C)CC3C)=C2C)c(C)c1OC(=O)C1C(C)CC(C)CC1C.[Cu+]. The van der Waals surface area contributed by atoms with Gasteiger partial charge in [-0.2, -0.15) is 4.99 Å². The predicted octanol–water partition coefficient (Wildman–Crippen LogP) is 7.00. The number of allylic oxidation sites excluding steroid dienone is 1. The van der Waals surface area contributed by atoms with Crippen LogP contribution in [0.5, 0.6) is 5.75 Å². The molecule has 2 aliphatic carbocycles. The molecule has 0 saturated heterocycles. The average Bonchev–Trinajstić information content (AvgIpc) is 3.32. The van der Waals surface area contributed by atoms with Crippen LogP contribution in [-0.4, -0.2) is 34.7 Å². The van der Waals surface area contributed by atoms with Crippen molar-refractivity contribution in [2.24, 2.45) is 57.3 Å². The molecule has 0 radical (unpaired) electrons. The van der Waals surface area contributed by atoms with Crippen LogP contribution in [0.4, 0.5) is 5.82 Å². The third kappa shape index (κ3) is 8.21. The van der Waals surface area contributed by atoms with Crippen LogP contribution in [-0.2, 0) is 36.2 Å². The Hall–Kier alpha value is -3.17. The smallest absolute Gasteiger partial charge is 0.497 e. The molecule has 4 unspecified atom stereocenters. The van der Waals surface area contributed by atoms with E-state index in [4.69, 9.17) is 9.47 Å². The fourth-order valence-electron chi connectivity index (χ4n) is 7.93. The summed E-state index contributed by atoms with van der Waals surface area (Å²) >= 11 is 0. The van der Waals surface area contributed by atoms with Crippen molar-refractivity contribution < 1.29 is 46.0 Å². The number of nitrogens with one attached hydrogen (secondary N) is 1. The van der Waals surface area contributed by atoms with Gasteiger partial charge in [-0.15, -0.1) is 0 Å². The first kappa shape index (κ1) is 37.3. The van der Waals surface area contributed by atoms with E-state index in [1.165, 1.54) is 13.8 Å². The fraction of sp³-hybridized carbons (Fsp3) is 0.629. The summed E-state index contributed by atoms with van der Waals surface area (Å²) in [7, 11) is 0. The molecule has 256 valence electrons. The first-order valence-electron chi connectivity index (χ1n) is 16.2. The minimum absolute atomic E-state index is 0. The van der Waals surface area contributed by atoms with Crippen molar-refractivity contribution in [2.75, 3.05) is 5.32 Å². The van der Waals surface area contributed by atoms with Crippen LogP contribution in [0.1, 0.15) is 99.3 Å². The fourth-order valence-corrected chi connectivity index (χ4v) is 7.93. The van der Waals surface area contributed by atoms with Gasteiger partial charge in [-0.25, -0.2) is 4.99 Å². The number of hydrogen-bond acceptors (Lipinski definition) is 7. The van der Waals surface area contributed by atoms with Crippen molar-refractivity contribution in [3.63, 3.8) is 0 Å². The molecule has 0 bridgehead atoms. The molecule has 2 fully saturated rings. The van der Waals surface area contributed by atoms with Crippen LogP contribution >= 0.6 is 0 Å². The van der Waals surface area contributed by atoms with Crippen LogP contribution in [0.2, 0.25) is 0 Å². The van der Waals surface area contributed by atoms with Gasteiger partial charge in [-0.05, 0) is 105 Å². The molecule has 4 atom stereocenters. The molecule has 2 saturated carbocycles. The number of amidine groups is 1. The number of carbonyl (C=O) groups excluding carboxylic acids is 3. The van der Waals surface area contributed by atoms with Crippen LogP contribution in [0.3, 0.4) is 0 Å². The summed E-state index contributed by atoms with van der Waals surface area (Å²) in [6.45, 7) is 19.1. The number of anilines is 1. The Morgan fingerprint density at radius 1 is 0.870 bits per heavy atom. The van der Waals surface area contributed by atoms with Crippen molar-refractivity contribution in [1.29, 1.82) is 0 Å². The van der Waals surface area contributed by atoms with Crippen molar-refractivity contribution in [3.8, 4) is 5.75 Å². The molecule has 0 spiro atoms. The van der Waals surface area contributed by atoms with Gasteiger partial charge in [0.25, 0.3) is 0 Å². The molecule has 1 aromatic heterocycles. The van der Waals surface area contributed by atoms with Crippen molar-refractivity contribution in [2.45, 2.75) is 94.9 Å². The summed E-state index contributed by atoms with van der Waals surface area (Å²) in [6.07, 6.45) is 5.48. The van der Waals surface area contributed by atoms with E-state index in [9.17, 15) is 19.5 Å². The number of aromatic nitrogens is 1. The standard InChI is InChI=1S/C35H50N4O6.Cu/c1-16-11-18(3)28(19(4)12-16)34(42)44-30-22(7)26(38-32(30)36-24(9)40)15-27-23(8)31(33(39-27)37-25(10)41)45-35(43)29-20(5)13-17(2)14-21(29)6;/h15-21,28-29H,11-14H2,1-10H3,(H3,36,37,38,39,40,41);/q;+1/p-1. The van der Waals surface area contributed by atoms with Gasteiger partial charge in [-0.3, -0.25) is 14.4 Å². The predicted molar refractivity (Wildman–Crippen MR) is 175 cm³/mol. The molecular weight excluding hydrogens is 636 g/mol. The molecular formula is C35H49CuN4O6. The molecule has 2 heterocycles. The maximum absolute atomic E-state index is 13.5. The number of aliphatic hydroxyl groups excluding tert-OH is 1. The third-order valence-electron chi connectivity index (χ3n) is 9.66. The topological polar surface area (TPSA) is 141 Å². The molecule has 2 N–H and O–H groups in total. The summed E-state index contributed by atoms with van der Waals surface area (Å²) in [5, 5.41) is 12.7. The molecule has 1 amide bonds. The zero-order chi connectivity index (χ0) is 33.3. The maximum Gasteiger partial charge on any atom is 1.00 e. The quantitative estimate of drug-likeness (QED) is 0.142. The monoisotopic (exact) mass is 684 g/mol. The number of amides is 1. The van der Waals surface area contributed by atoms with Gasteiger partial charge >= 0.3 is 29.0 Å². The Balaban J connectivity index is 0.00000576. The van der Waals surface area contributed by atoms with E-state index in [-0.39, 0.29) is 99.5 Å². The van der Waals surface area contributed by atoms with E-state index in [2.05, 4.69) is 61.8 Å². The van der Waals surface area contributed by atoms with E-state index in [0.29, 0.717) is 34.4 Å². The third-order valence-corrected chi connectivity index (χ3v) is 9.66. The van der Waals surface area contributed by atoms with E-state index >= 15 is 0 Å². The Morgan fingerprint density at radius 3 is 1.80 bits per heavy atom. The Kier molecular flexibility index (Phi) is 12.3. The summed E-state index contributed by atoms with van der Waals surface area (Å²) in [4.78, 5) is 52.4. The van der Waals surface area contributed by atoms with Crippen molar-refractivity contribution in [1.82, 2.24) is 4.98 Å². The van der Waals surface area contributed by atoms with Crippen LogP contribution in [0, 0.1) is 54.3 Å². The zero-order valence-electron chi connectivity index (χ0n) is 28.7. The Morgan fingerprint density at radius 2 is 1.35 bits per heavy atom. The summed E-state index contributed by atoms with van der Waals surface area (Å²) in [5.41, 5.74) is 1.96. The molecule has 46 heavy (non-hydrogen) atoms. The number of ether oxygens (including phenoxy) is 2. The van der Waals surface area contributed by atoms with Crippen molar-refractivity contribution >= 4 is 41.5 Å². The van der Waals surface area contributed by atoms with Gasteiger partial charge in [0.15, 0.2) is 17.5 Å². The normalized spacial score (nSPS) is 30.9. The number of aliphatic imine (C=N–C) groups is 2. The van der Waals surface area contributed by atoms with E-state index < -0.39 is 0 Å². The van der Waals surface area contributed by atoms with Gasteiger partial charge in [0.05, 0.1) is 17.5 Å². The minimum atomic E-state index is -0.350. The summed E-state index contributed by atoms with van der Waals surface area (Å²) in [6, 6.07) is 0. The summed E-state index contributed by atoms with van der Waals surface area (Å²) in [5.74, 6) is 0.641. The molecule has 0 aromatic carbocycles. The zero-order valence-corrected chi connectivity index (χ0v) is 29.6. The Labute approximate surface area is 283 Å². The second kappa shape index (κ2) is 15.2. The molecule has 3 aliphatic rings. The van der Waals surface area contributed by atoms with Crippen LogP contribution in [0.15, 0.2) is 27.0 Å². The number of carbonyl (C=O) groups is 3. The number of hydrogen-bond donors (Lipinski definition) is 2. The maximum atomic E-state index is 13.5. The van der Waals surface area contributed by atoms with E-state index in [0.717, 1.165) is 25.7 Å². The number of aliphatic hydroxyl groups is 1. The first-order valence-corrected chi connectivity index (χ1v) is 16.2. The second-order valence-corrected chi connectivity index (χ2v) is 14.0. The van der Waals surface area contributed by atoms with Gasteiger partial charge in [0.1, 0.15) is 11.7 Å². The largest absolute Gasteiger partial charge is 1.00 e.